The first-order chi connectivity index (χ1) is 15.0. The fourth-order valence-corrected chi connectivity index (χ4v) is 4.14. The number of rotatable bonds is 6. The van der Waals surface area contributed by atoms with Crippen molar-refractivity contribution < 1.29 is 18.7 Å². The second kappa shape index (κ2) is 9.49. The van der Waals surface area contributed by atoms with Crippen LogP contribution in [0.5, 0.6) is 5.75 Å². The highest BCUT2D eigenvalue weighted by atomic mass is 79.9. The van der Waals surface area contributed by atoms with E-state index in [0.29, 0.717) is 23.5 Å². The van der Waals surface area contributed by atoms with Crippen LogP contribution in [0.25, 0.3) is 6.08 Å². The van der Waals surface area contributed by atoms with Gasteiger partial charge in [0.2, 0.25) is 0 Å². The van der Waals surface area contributed by atoms with Crippen LogP contribution < -0.4 is 4.74 Å². The Balaban J connectivity index is 1.52. The number of nitrogens with zero attached hydrogens (tertiary/aromatic N) is 1. The van der Waals surface area contributed by atoms with Crippen LogP contribution in [0.1, 0.15) is 16.7 Å². The van der Waals surface area contributed by atoms with Gasteiger partial charge in [-0.2, -0.15) is 0 Å². The molecule has 0 spiro atoms. The molecule has 3 aromatic carbocycles. The fraction of sp³-hybridized carbons (Fsp3) is 0.0833. The zero-order chi connectivity index (χ0) is 21.8. The molecule has 0 bridgehead atoms. The monoisotopic (exact) mass is 497 g/mol. The molecule has 0 unspecified atom stereocenters. The number of amides is 2. The summed E-state index contributed by atoms with van der Waals surface area (Å²) >= 11 is 4.25. The zero-order valence-corrected chi connectivity index (χ0v) is 18.7. The van der Waals surface area contributed by atoms with Crippen LogP contribution in [0.4, 0.5) is 9.18 Å². The van der Waals surface area contributed by atoms with E-state index in [9.17, 15) is 14.0 Å². The molecule has 1 fully saturated rings. The van der Waals surface area contributed by atoms with Gasteiger partial charge in [0.1, 0.15) is 18.2 Å². The number of imide groups is 1. The Hall–Kier alpha value is -2.90. The van der Waals surface area contributed by atoms with Gasteiger partial charge in [-0.3, -0.25) is 14.5 Å². The highest BCUT2D eigenvalue weighted by Gasteiger charge is 2.35. The largest absolute Gasteiger partial charge is 0.488 e. The summed E-state index contributed by atoms with van der Waals surface area (Å²) in [5.74, 6) is -0.287. The minimum Gasteiger partial charge on any atom is -0.488 e. The Morgan fingerprint density at radius 2 is 1.68 bits per heavy atom. The second-order valence-electron chi connectivity index (χ2n) is 6.81. The highest BCUT2D eigenvalue weighted by molar-refractivity contribution is 9.10. The van der Waals surface area contributed by atoms with Gasteiger partial charge >= 0.3 is 0 Å². The van der Waals surface area contributed by atoms with E-state index < -0.39 is 17.0 Å². The lowest BCUT2D eigenvalue weighted by Crippen LogP contribution is -2.27. The molecule has 0 saturated carbocycles. The van der Waals surface area contributed by atoms with Crippen LogP contribution in [0.15, 0.2) is 82.2 Å². The van der Waals surface area contributed by atoms with Gasteiger partial charge in [-0.25, -0.2) is 4.39 Å². The van der Waals surface area contributed by atoms with E-state index in [2.05, 4.69) is 15.9 Å². The molecule has 0 aromatic heterocycles. The number of benzene rings is 3. The normalized spacial score (nSPS) is 15.0. The third-order valence-electron chi connectivity index (χ3n) is 4.67. The van der Waals surface area contributed by atoms with Crippen molar-refractivity contribution in [2.45, 2.75) is 13.2 Å². The summed E-state index contributed by atoms with van der Waals surface area (Å²) < 4.78 is 20.9. The summed E-state index contributed by atoms with van der Waals surface area (Å²) in [4.78, 5) is 26.5. The van der Waals surface area contributed by atoms with Gasteiger partial charge in [0.15, 0.2) is 0 Å². The summed E-state index contributed by atoms with van der Waals surface area (Å²) in [6.45, 7) is 0.267. The molecule has 3 aromatic rings. The topological polar surface area (TPSA) is 46.6 Å². The van der Waals surface area contributed by atoms with E-state index in [4.69, 9.17) is 4.74 Å². The van der Waals surface area contributed by atoms with E-state index >= 15 is 0 Å². The lowest BCUT2D eigenvalue weighted by molar-refractivity contribution is -0.123. The van der Waals surface area contributed by atoms with E-state index in [1.165, 1.54) is 6.07 Å². The molecule has 156 valence electrons. The maximum atomic E-state index is 14.0. The molecule has 7 heteroatoms. The molecule has 1 aliphatic rings. The van der Waals surface area contributed by atoms with Crippen LogP contribution in [-0.2, 0) is 17.9 Å². The second-order valence-corrected chi connectivity index (χ2v) is 8.72. The molecular weight excluding hydrogens is 481 g/mol. The predicted molar refractivity (Wildman–Crippen MR) is 123 cm³/mol. The van der Waals surface area contributed by atoms with Crippen molar-refractivity contribution >= 4 is 44.9 Å². The molecule has 4 nitrogen and oxygen atoms in total. The SMILES string of the molecule is O=C1S/C(=C\c2ccccc2OCc2ccc(Br)cc2)C(=O)N1Cc1ccccc1F. The molecule has 0 N–H and O–H groups in total. The molecular formula is C24H17BrFNO3S. The number of thioether (sulfide) groups is 1. The number of hydrogen-bond donors (Lipinski definition) is 0. The van der Waals surface area contributed by atoms with E-state index in [0.717, 1.165) is 26.7 Å². The first-order valence-corrected chi connectivity index (χ1v) is 11.1. The molecule has 1 aliphatic heterocycles. The predicted octanol–water partition coefficient (Wildman–Crippen LogP) is 6.40. The Labute approximate surface area is 191 Å². The number of ether oxygens (including phenoxy) is 1. The minimum absolute atomic E-state index is 0.101. The summed E-state index contributed by atoms with van der Waals surface area (Å²) in [5, 5.41) is -0.423. The van der Waals surface area contributed by atoms with Gasteiger partial charge < -0.3 is 4.74 Å². The molecule has 2 amide bonds. The number of carbonyl (C=O) groups is 2. The average Bonchev–Trinajstić information content (AvgIpc) is 3.03. The molecule has 0 aliphatic carbocycles. The van der Waals surface area contributed by atoms with Crippen molar-refractivity contribution in [1.29, 1.82) is 0 Å². The van der Waals surface area contributed by atoms with Gasteiger partial charge in [0.25, 0.3) is 11.1 Å². The van der Waals surface area contributed by atoms with Crippen LogP contribution in [0.2, 0.25) is 0 Å². The van der Waals surface area contributed by atoms with E-state index in [1.807, 2.05) is 48.5 Å². The Kier molecular flexibility index (Phi) is 6.53. The van der Waals surface area contributed by atoms with Gasteiger partial charge in [0, 0.05) is 15.6 Å². The summed E-state index contributed by atoms with van der Waals surface area (Å²) in [6.07, 6.45) is 1.64. The van der Waals surface area contributed by atoms with Crippen molar-refractivity contribution in [3.05, 3.63) is 105 Å². The number of para-hydroxylation sites is 1. The van der Waals surface area contributed by atoms with Crippen molar-refractivity contribution in [1.82, 2.24) is 4.90 Å². The van der Waals surface area contributed by atoms with Crippen LogP contribution in [-0.4, -0.2) is 16.0 Å². The Morgan fingerprint density at radius 1 is 0.968 bits per heavy atom. The standard InChI is InChI=1S/C24H17BrFNO3S/c25-19-11-9-16(10-12-19)15-30-21-8-4-2-5-17(21)13-22-23(28)27(24(29)31-22)14-18-6-1-3-7-20(18)26/h1-13H,14-15H2/b22-13-. The first kappa shape index (κ1) is 21.3. The minimum atomic E-state index is -0.447. The smallest absolute Gasteiger partial charge is 0.293 e. The summed E-state index contributed by atoms with van der Waals surface area (Å²) in [7, 11) is 0. The van der Waals surface area contributed by atoms with Crippen LogP contribution >= 0.6 is 27.7 Å². The lowest BCUT2D eigenvalue weighted by Gasteiger charge is -2.13. The molecule has 1 heterocycles. The van der Waals surface area contributed by atoms with E-state index in [-0.39, 0.29) is 11.4 Å². The third kappa shape index (κ3) is 5.06. The van der Waals surface area contributed by atoms with Gasteiger partial charge in [-0.15, -0.1) is 0 Å². The van der Waals surface area contributed by atoms with Crippen LogP contribution in [0.3, 0.4) is 0 Å². The van der Waals surface area contributed by atoms with Gasteiger partial charge in [-0.1, -0.05) is 64.5 Å². The first-order valence-electron chi connectivity index (χ1n) is 9.46. The maximum absolute atomic E-state index is 14.0. The average molecular weight is 498 g/mol. The van der Waals surface area contributed by atoms with Crippen molar-refractivity contribution in [3.8, 4) is 5.75 Å². The number of hydrogen-bond acceptors (Lipinski definition) is 4. The van der Waals surface area contributed by atoms with Gasteiger partial charge in [0.05, 0.1) is 11.4 Å². The highest BCUT2D eigenvalue weighted by Crippen LogP contribution is 2.35. The van der Waals surface area contributed by atoms with E-state index in [1.54, 1.807) is 24.3 Å². The molecule has 0 atom stereocenters. The quantitative estimate of drug-likeness (QED) is 0.369. The Bertz CT molecular complexity index is 1160. The Morgan fingerprint density at radius 3 is 2.45 bits per heavy atom. The zero-order valence-electron chi connectivity index (χ0n) is 16.3. The van der Waals surface area contributed by atoms with Crippen molar-refractivity contribution in [3.63, 3.8) is 0 Å². The number of halogens is 2. The molecule has 1 saturated heterocycles. The third-order valence-corrected chi connectivity index (χ3v) is 6.11. The van der Waals surface area contributed by atoms with Crippen molar-refractivity contribution in [2.24, 2.45) is 0 Å². The maximum Gasteiger partial charge on any atom is 0.293 e. The summed E-state index contributed by atoms with van der Waals surface area (Å²) in [6, 6.07) is 21.2. The van der Waals surface area contributed by atoms with Crippen LogP contribution in [0, 0.1) is 5.82 Å². The van der Waals surface area contributed by atoms with Gasteiger partial charge in [-0.05, 0) is 47.7 Å². The number of carbonyl (C=O) groups excluding carboxylic acids is 2. The lowest BCUT2D eigenvalue weighted by atomic mass is 10.1. The molecule has 31 heavy (non-hydrogen) atoms. The van der Waals surface area contributed by atoms with Crippen molar-refractivity contribution in [2.75, 3.05) is 0 Å². The summed E-state index contributed by atoms with van der Waals surface area (Å²) in [5.41, 5.74) is 1.99. The molecule has 0 radical (unpaired) electrons. The molecule has 4 rings (SSSR count). The fourth-order valence-electron chi connectivity index (χ4n) is 3.05.